The molecule has 0 aliphatic carbocycles. The Labute approximate surface area is 151 Å². The largest absolute Gasteiger partial charge is 0.420 e. The highest BCUT2D eigenvalue weighted by Gasteiger charge is 2.20. The minimum absolute atomic E-state index is 0.0815. The third kappa shape index (κ3) is 3.16. The molecule has 1 N–H and O–H groups in total. The van der Waals surface area contributed by atoms with Gasteiger partial charge in [0.25, 0.3) is 0 Å². The van der Waals surface area contributed by atoms with Gasteiger partial charge in [0.2, 0.25) is 5.91 Å². The number of hydrogen-bond acceptors (Lipinski definition) is 5. The van der Waals surface area contributed by atoms with E-state index in [1.807, 2.05) is 40.4 Å². The fourth-order valence-electron chi connectivity index (χ4n) is 2.73. The van der Waals surface area contributed by atoms with Gasteiger partial charge in [0.05, 0.1) is 11.6 Å². The van der Waals surface area contributed by atoms with Crippen LogP contribution >= 0.6 is 22.7 Å². The third-order valence-corrected chi connectivity index (χ3v) is 5.52. The second-order valence-electron chi connectivity index (χ2n) is 5.49. The molecule has 0 unspecified atom stereocenters. The maximum Gasteiger partial charge on any atom is 0.420 e. The monoisotopic (exact) mass is 370 g/mol. The van der Waals surface area contributed by atoms with Crippen LogP contribution < -0.4 is 11.1 Å². The Morgan fingerprint density at radius 2 is 2.04 bits per heavy atom. The molecule has 0 aliphatic rings. The molecule has 126 valence electrons. The van der Waals surface area contributed by atoms with Gasteiger partial charge in [-0.25, -0.2) is 4.79 Å². The Balaban J connectivity index is 1.60. The van der Waals surface area contributed by atoms with Gasteiger partial charge in [-0.05, 0) is 46.0 Å². The van der Waals surface area contributed by atoms with Crippen LogP contribution in [0.15, 0.2) is 67.8 Å². The number of nitrogens with one attached hydrogen (secondary N) is 1. The lowest BCUT2D eigenvalue weighted by atomic mass is 10.1. The van der Waals surface area contributed by atoms with Gasteiger partial charge in [-0.15, -0.1) is 11.3 Å². The van der Waals surface area contributed by atoms with E-state index in [1.165, 1.54) is 4.57 Å². The molecule has 5 nitrogen and oxygen atoms in total. The van der Waals surface area contributed by atoms with Crippen molar-refractivity contribution in [1.29, 1.82) is 0 Å². The molecule has 0 bridgehead atoms. The number of benzene rings is 1. The highest BCUT2D eigenvalue weighted by atomic mass is 32.1. The van der Waals surface area contributed by atoms with Crippen molar-refractivity contribution in [2.75, 3.05) is 0 Å². The van der Waals surface area contributed by atoms with Crippen molar-refractivity contribution in [2.24, 2.45) is 0 Å². The lowest BCUT2D eigenvalue weighted by molar-refractivity contribution is -0.122. The van der Waals surface area contributed by atoms with Crippen LogP contribution in [0.4, 0.5) is 0 Å². The van der Waals surface area contributed by atoms with Gasteiger partial charge in [-0.3, -0.25) is 9.36 Å². The van der Waals surface area contributed by atoms with Gasteiger partial charge in [0.1, 0.15) is 6.54 Å². The molecule has 0 saturated carbocycles. The Bertz CT molecular complexity index is 1010. The first kappa shape index (κ1) is 15.9. The van der Waals surface area contributed by atoms with Crippen molar-refractivity contribution in [3.8, 4) is 0 Å². The number of thiophene rings is 2. The normalized spacial score (nSPS) is 12.3. The van der Waals surface area contributed by atoms with Crippen molar-refractivity contribution in [3.05, 3.63) is 79.6 Å². The first-order valence-electron chi connectivity index (χ1n) is 7.65. The van der Waals surface area contributed by atoms with Gasteiger partial charge in [-0.1, -0.05) is 18.2 Å². The molecule has 0 fully saturated rings. The lowest BCUT2D eigenvalue weighted by Gasteiger charge is -2.16. The van der Waals surface area contributed by atoms with Gasteiger partial charge in [-0.2, -0.15) is 11.3 Å². The van der Waals surface area contributed by atoms with Gasteiger partial charge < -0.3 is 9.73 Å². The molecule has 0 saturated heterocycles. The maximum atomic E-state index is 12.6. The fraction of sp³-hybridized carbons (Fsp3) is 0.111. The standard InChI is InChI=1S/C18H14N2O3S2/c21-16(10-20-13-4-1-2-5-14(13)23-18(20)22)19-17(12-7-9-24-11-12)15-6-3-8-25-15/h1-9,11,17H,10H2,(H,19,21)/t17-/m1/s1. The lowest BCUT2D eigenvalue weighted by Crippen LogP contribution is -2.33. The molecule has 3 aromatic heterocycles. The summed E-state index contributed by atoms with van der Waals surface area (Å²) in [6.45, 7) is -0.0815. The number of hydrogen-bond donors (Lipinski definition) is 1. The van der Waals surface area contributed by atoms with E-state index in [0.29, 0.717) is 11.1 Å². The number of aromatic nitrogens is 1. The smallest absolute Gasteiger partial charge is 0.408 e. The number of oxazole rings is 1. The number of fused-ring (bicyclic) bond motifs is 1. The molecule has 0 aliphatic heterocycles. The molecular formula is C18H14N2O3S2. The minimum Gasteiger partial charge on any atom is -0.408 e. The number of carbonyl (C=O) groups is 1. The van der Waals surface area contributed by atoms with Crippen molar-refractivity contribution < 1.29 is 9.21 Å². The fourth-order valence-corrected chi connectivity index (χ4v) is 4.22. The summed E-state index contributed by atoms with van der Waals surface area (Å²) in [5.74, 6) is -0.766. The van der Waals surface area contributed by atoms with E-state index in [4.69, 9.17) is 4.42 Å². The van der Waals surface area contributed by atoms with Gasteiger partial charge in [0.15, 0.2) is 5.58 Å². The minimum atomic E-state index is -0.528. The van der Waals surface area contributed by atoms with E-state index in [0.717, 1.165) is 10.4 Å². The zero-order chi connectivity index (χ0) is 17.2. The summed E-state index contributed by atoms with van der Waals surface area (Å²) in [6.07, 6.45) is 0. The second-order valence-corrected chi connectivity index (χ2v) is 7.25. The molecule has 1 amide bonds. The van der Waals surface area contributed by atoms with Crippen molar-refractivity contribution in [3.63, 3.8) is 0 Å². The summed E-state index contributed by atoms with van der Waals surface area (Å²) < 4.78 is 6.53. The van der Waals surface area contributed by atoms with E-state index >= 15 is 0 Å². The maximum absolute atomic E-state index is 12.6. The Morgan fingerprint density at radius 3 is 2.80 bits per heavy atom. The van der Waals surface area contributed by atoms with Crippen LogP contribution in [-0.4, -0.2) is 10.5 Å². The summed E-state index contributed by atoms with van der Waals surface area (Å²) in [4.78, 5) is 25.7. The van der Waals surface area contributed by atoms with Crippen LogP contribution in [0, 0.1) is 0 Å². The van der Waals surface area contributed by atoms with E-state index in [9.17, 15) is 9.59 Å². The summed E-state index contributed by atoms with van der Waals surface area (Å²) in [5, 5.41) is 9.01. The summed E-state index contributed by atoms with van der Waals surface area (Å²) in [7, 11) is 0. The Morgan fingerprint density at radius 1 is 1.16 bits per heavy atom. The average Bonchev–Trinajstić information content (AvgIpc) is 3.35. The van der Waals surface area contributed by atoms with Crippen LogP contribution in [-0.2, 0) is 11.3 Å². The van der Waals surface area contributed by atoms with Crippen LogP contribution in [0.25, 0.3) is 11.1 Å². The summed E-state index contributed by atoms with van der Waals surface area (Å²) in [6, 6.07) is 12.8. The highest BCUT2D eigenvalue weighted by molar-refractivity contribution is 7.10. The topological polar surface area (TPSA) is 64.2 Å². The second kappa shape index (κ2) is 6.70. The number of carbonyl (C=O) groups excluding carboxylic acids is 1. The first-order chi connectivity index (χ1) is 12.2. The average molecular weight is 370 g/mol. The molecular weight excluding hydrogens is 356 g/mol. The SMILES string of the molecule is O=C(Cn1c(=O)oc2ccccc21)N[C@H](c1ccsc1)c1cccs1. The molecule has 4 rings (SSSR count). The molecule has 4 aromatic rings. The van der Waals surface area contributed by atoms with Crippen molar-refractivity contribution in [2.45, 2.75) is 12.6 Å². The van der Waals surface area contributed by atoms with Crippen LogP contribution in [0.2, 0.25) is 0 Å². The van der Waals surface area contributed by atoms with E-state index in [2.05, 4.69) is 5.32 Å². The predicted octanol–water partition coefficient (Wildman–Crippen LogP) is 3.62. The van der Waals surface area contributed by atoms with E-state index < -0.39 is 5.76 Å². The molecule has 1 aromatic carbocycles. The third-order valence-electron chi connectivity index (χ3n) is 3.88. The number of amides is 1. The van der Waals surface area contributed by atoms with Crippen LogP contribution in [0.5, 0.6) is 0 Å². The Hall–Kier alpha value is -2.64. The van der Waals surface area contributed by atoms with Crippen LogP contribution in [0.3, 0.4) is 0 Å². The number of rotatable bonds is 5. The molecule has 3 heterocycles. The van der Waals surface area contributed by atoms with Gasteiger partial charge in [0, 0.05) is 4.88 Å². The molecule has 0 radical (unpaired) electrons. The van der Waals surface area contributed by atoms with Crippen molar-refractivity contribution >= 4 is 39.7 Å². The molecule has 7 heteroatoms. The summed E-state index contributed by atoms with van der Waals surface area (Å²) >= 11 is 3.17. The quantitative estimate of drug-likeness (QED) is 0.583. The number of para-hydroxylation sites is 2. The predicted molar refractivity (Wildman–Crippen MR) is 99.1 cm³/mol. The van der Waals surface area contributed by atoms with E-state index in [-0.39, 0.29) is 18.5 Å². The molecule has 25 heavy (non-hydrogen) atoms. The van der Waals surface area contributed by atoms with Gasteiger partial charge >= 0.3 is 5.76 Å². The first-order valence-corrected chi connectivity index (χ1v) is 9.48. The van der Waals surface area contributed by atoms with Crippen LogP contribution in [0.1, 0.15) is 16.5 Å². The zero-order valence-corrected chi connectivity index (χ0v) is 14.7. The van der Waals surface area contributed by atoms with Crippen molar-refractivity contribution in [1.82, 2.24) is 9.88 Å². The molecule has 1 atom stereocenters. The highest BCUT2D eigenvalue weighted by Crippen LogP contribution is 2.27. The van der Waals surface area contributed by atoms with E-state index in [1.54, 1.807) is 40.9 Å². The zero-order valence-electron chi connectivity index (χ0n) is 13.0. The summed E-state index contributed by atoms with van der Waals surface area (Å²) in [5.41, 5.74) is 2.13. The Kier molecular flexibility index (Phi) is 4.25. The number of nitrogens with zero attached hydrogens (tertiary/aromatic N) is 1. The molecule has 0 spiro atoms.